The van der Waals surface area contributed by atoms with E-state index in [1.54, 1.807) is 31.2 Å². The standard InChI is InChI=1S/C20H23FN2O3S/c1-14-4-9-18(13-19(14)23-10-3-11-27(23,25)26)22-20(24)15(2)12-16-5-7-17(21)8-6-16/h4-9,13,15H,3,10-12H2,1-2H3,(H,22,24). The van der Waals surface area contributed by atoms with Crippen molar-refractivity contribution in [3.63, 3.8) is 0 Å². The Bertz CT molecular complexity index is 942. The summed E-state index contributed by atoms with van der Waals surface area (Å²) < 4.78 is 38.8. The van der Waals surface area contributed by atoms with Crippen molar-refractivity contribution in [3.8, 4) is 0 Å². The van der Waals surface area contributed by atoms with Crippen molar-refractivity contribution in [3.05, 3.63) is 59.4 Å². The zero-order valence-electron chi connectivity index (χ0n) is 15.4. The van der Waals surface area contributed by atoms with Gasteiger partial charge >= 0.3 is 0 Å². The lowest BCUT2D eigenvalue weighted by Gasteiger charge is -2.21. The first kappa shape index (κ1) is 19.4. The van der Waals surface area contributed by atoms with Gasteiger partial charge in [-0.2, -0.15) is 0 Å². The Hall–Kier alpha value is -2.41. The fourth-order valence-corrected chi connectivity index (χ4v) is 4.82. The van der Waals surface area contributed by atoms with E-state index in [-0.39, 0.29) is 23.4 Å². The highest BCUT2D eigenvalue weighted by Gasteiger charge is 2.29. The quantitative estimate of drug-likeness (QED) is 0.850. The van der Waals surface area contributed by atoms with Crippen molar-refractivity contribution in [1.82, 2.24) is 0 Å². The molecule has 1 aliphatic rings. The molecule has 1 amide bonds. The van der Waals surface area contributed by atoms with Gasteiger partial charge in [-0.3, -0.25) is 9.10 Å². The number of amides is 1. The van der Waals surface area contributed by atoms with Crippen molar-refractivity contribution < 1.29 is 17.6 Å². The Kier molecular flexibility index (Phi) is 5.51. The molecule has 2 aromatic carbocycles. The van der Waals surface area contributed by atoms with Gasteiger partial charge < -0.3 is 5.32 Å². The molecule has 0 aromatic heterocycles. The summed E-state index contributed by atoms with van der Waals surface area (Å²) in [7, 11) is -3.28. The van der Waals surface area contributed by atoms with Crippen LogP contribution in [0.15, 0.2) is 42.5 Å². The third-order valence-corrected chi connectivity index (χ3v) is 6.60. The lowest BCUT2D eigenvalue weighted by Crippen LogP contribution is -2.26. The van der Waals surface area contributed by atoms with Crippen LogP contribution in [0.25, 0.3) is 0 Å². The molecule has 1 atom stereocenters. The summed E-state index contributed by atoms with van der Waals surface area (Å²) in [5.74, 6) is -0.633. The van der Waals surface area contributed by atoms with E-state index in [1.165, 1.54) is 16.4 Å². The number of hydrogen-bond acceptors (Lipinski definition) is 3. The molecular formula is C20H23FN2O3S. The summed E-state index contributed by atoms with van der Waals surface area (Å²) in [5.41, 5.74) is 2.90. The van der Waals surface area contributed by atoms with Crippen LogP contribution in [0.3, 0.4) is 0 Å². The van der Waals surface area contributed by atoms with Gasteiger partial charge in [-0.05, 0) is 55.2 Å². The first-order valence-corrected chi connectivity index (χ1v) is 10.5. The van der Waals surface area contributed by atoms with Gasteiger partial charge in [0.1, 0.15) is 5.82 Å². The number of nitrogens with one attached hydrogen (secondary N) is 1. The fraction of sp³-hybridized carbons (Fsp3) is 0.350. The molecule has 5 nitrogen and oxygen atoms in total. The summed E-state index contributed by atoms with van der Waals surface area (Å²) >= 11 is 0. The number of aryl methyl sites for hydroxylation is 1. The van der Waals surface area contributed by atoms with Crippen molar-refractivity contribution in [1.29, 1.82) is 0 Å². The highest BCUT2D eigenvalue weighted by Crippen LogP contribution is 2.30. The molecule has 1 saturated heterocycles. The summed E-state index contributed by atoms with van der Waals surface area (Å²) in [6.45, 7) is 4.12. The van der Waals surface area contributed by atoms with E-state index < -0.39 is 10.0 Å². The molecule has 7 heteroatoms. The molecule has 0 radical (unpaired) electrons. The Morgan fingerprint density at radius 1 is 1.22 bits per heavy atom. The Morgan fingerprint density at radius 3 is 2.56 bits per heavy atom. The van der Waals surface area contributed by atoms with Crippen LogP contribution in [-0.2, 0) is 21.2 Å². The highest BCUT2D eigenvalue weighted by molar-refractivity contribution is 7.93. The average Bonchev–Trinajstić information content (AvgIpc) is 2.97. The minimum absolute atomic E-state index is 0.151. The van der Waals surface area contributed by atoms with E-state index in [0.29, 0.717) is 30.8 Å². The van der Waals surface area contributed by atoms with Gasteiger partial charge in [-0.25, -0.2) is 12.8 Å². The highest BCUT2D eigenvalue weighted by atomic mass is 32.2. The van der Waals surface area contributed by atoms with E-state index in [4.69, 9.17) is 0 Å². The van der Waals surface area contributed by atoms with Crippen LogP contribution in [0.4, 0.5) is 15.8 Å². The summed E-state index contributed by atoms with van der Waals surface area (Å²) in [6, 6.07) is 11.4. The van der Waals surface area contributed by atoms with Crippen LogP contribution in [0.5, 0.6) is 0 Å². The molecule has 0 aliphatic carbocycles. The Labute approximate surface area is 159 Å². The SMILES string of the molecule is Cc1ccc(NC(=O)C(C)Cc2ccc(F)cc2)cc1N1CCCS1(=O)=O. The fourth-order valence-electron chi connectivity index (χ4n) is 3.20. The molecule has 2 aromatic rings. The van der Waals surface area contributed by atoms with E-state index in [9.17, 15) is 17.6 Å². The second kappa shape index (κ2) is 7.68. The third kappa shape index (κ3) is 4.47. The van der Waals surface area contributed by atoms with Crippen LogP contribution >= 0.6 is 0 Å². The van der Waals surface area contributed by atoms with Gasteiger partial charge in [0.05, 0.1) is 11.4 Å². The van der Waals surface area contributed by atoms with Crippen molar-refractivity contribution in [2.75, 3.05) is 21.9 Å². The second-order valence-electron chi connectivity index (χ2n) is 6.96. The maximum atomic E-state index is 13.0. The van der Waals surface area contributed by atoms with Gasteiger partial charge in [-0.1, -0.05) is 25.1 Å². The van der Waals surface area contributed by atoms with Crippen molar-refractivity contribution in [2.24, 2.45) is 5.92 Å². The third-order valence-electron chi connectivity index (χ3n) is 4.75. The van der Waals surface area contributed by atoms with Crippen LogP contribution in [-0.4, -0.2) is 26.6 Å². The zero-order chi connectivity index (χ0) is 19.6. The summed E-state index contributed by atoms with van der Waals surface area (Å²) in [6.07, 6.45) is 1.10. The van der Waals surface area contributed by atoms with Crippen molar-refractivity contribution in [2.45, 2.75) is 26.7 Å². The molecule has 0 spiro atoms. The van der Waals surface area contributed by atoms with Crippen LogP contribution < -0.4 is 9.62 Å². The number of rotatable bonds is 5. The predicted octanol–water partition coefficient (Wildman–Crippen LogP) is 3.49. The maximum Gasteiger partial charge on any atom is 0.235 e. The predicted molar refractivity (Wildman–Crippen MR) is 105 cm³/mol. The van der Waals surface area contributed by atoms with E-state index in [2.05, 4.69) is 5.32 Å². The lowest BCUT2D eigenvalue weighted by molar-refractivity contribution is -0.119. The Balaban J connectivity index is 1.72. The maximum absolute atomic E-state index is 13.0. The van der Waals surface area contributed by atoms with Gasteiger partial charge in [0, 0.05) is 18.2 Å². The zero-order valence-corrected chi connectivity index (χ0v) is 16.2. The minimum Gasteiger partial charge on any atom is -0.326 e. The number of halogens is 1. The van der Waals surface area contributed by atoms with Gasteiger partial charge in [-0.15, -0.1) is 0 Å². The number of anilines is 2. The molecule has 1 unspecified atom stereocenters. The van der Waals surface area contributed by atoms with E-state index in [1.807, 2.05) is 13.0 Å². The van der Waals surface area contributed by atoms with E-state index >= 15 is 0 Å². The number of hydrogen-bond donors (Lipinski definition) is 1. The second-order valence-corrected chi connectivity index (χ2v) is 8.98. The average molecular weight is 390 g/mol. The first-order chi connectivity index (χ1) is 12.8. The topological polar surface area (TPSA) is 66.5 Å². The molecule has 3 rings (SSSR count). The van der Waals surface area contributed by atoms with Gasteiger partial charge in [0.15, 0.2) is 0 Å². The molecule has 1 aliphatic heterocycles. The number of carbonyl (C=O) groups is 1. The molecule has 0 bridgehead atoms. The van der Waals surface area contributed by atoms with Gasteiger partial charge in [0.2, 0.25) is 15.9 Å². The molecule has 0 saturated carbocycles. The minimum atomic E-state index is -3.28. The number of benzene rings is 2. The molecule has 144 valence electrons. The molecule has 1 heterocycles. The molecule has 1 N–H and O–H groups in total. The number of nitrogens with zero attached hydrogens (tertiary/aromatic N) is 1. The summed E-state index contributed by atoms with van der Waals surface area (Å²) in [5, 5.41) is 2.86. The number of carbonyl (C=O) groups excluding carboxylic acids is 1. The largest absolute Gasteiger partial charge is 0.326 e. The lowest BCUT2D eigenvalue weighted by atomic mass is 10.00. The molecule has 1 fully saturated rings. The van der Waals surface area contributed by atoms with Gasteiger partial charge in [0.25, 0.3) is 0 Å². The Morgan fingerprint density at radius 2 is 1.93 bits per heavy atom. The number of sulfonamides is 1. The monoisotopic (exact) mass is 390 g/mol. The van der Waals surface area contributed by atoms with Crippen LogP contribution in [0.1, 0.15) is 24.5 Å². The smallest absolute Gasteiger partial charge is 0.235 e. The molecular weight excluding hydrogens is 367 g/mol. The summed E-state index contributed by atoms with van der Waals surface area (Å²) in [4.78, 5) is 12.5. The normalized spacial score (nSPS) is 16.9. The molecule has 27 heavy (non-hydrogen) atoms. The van der Waals surface area contributed by atoms with Crippen molar-refractivity contribution >= 4 is 27.3 Å². The van der Waals surface area contributed by atoms with Crippen LogP contribution in [0, 0.1) is 18.7 Å². The van der Waals surface area contributed by atoms with E-state index in [0.717, 1.165) is 11.1 Å². The van der Waals surface area contributed by atoms with Crippen LogP contribution in [0.2, 0.25) is 0 Å². The first-order valence-electron chi connectivity index (χ1n) is 8.92.